The molecule has 0 N–H and O–H groups in total. The number of thioether (sulfide) groups is 1. The first kappa shape index (κ1) is 23.3. The lowest BCUT2D eigenvalue weighted by Gasteiger charge is -2.15. The molecule has 0 aliphatic carbocycles. The van der Waals surface area contributed by atoms with Crippen molar-refractivity contribution < 1.29 is 18.7 Å². The molecule has 2 aromatic carbocycles. The van der Waals surface area contributed by atoms with Gasteiger partial charge in [0, 0.05) is 13.1 Å². The number of ether oxygens (including phenoxy) is 2. The van der Waals surface area contributed by atoms with Crippen molar-refractivity contribution >= 4 is 44.8 Å². The summed E-state index contributed by atoms with van der Waals surface area (Å²) in [5.41, 5.74) is 1.52. The summed E-state index contributed by atoms with van der Waals surface area (Å²) in [6, 6.07) is 9.98. The number of hydrogen-bond acceptors (Lipinski definition) is 5. The molecule has 0 atom stereocenters. The zero-order valence-corrected chi connectivity index (χ0v) is 20.1. The number of nitrogens with zero attached hydrogens (tertiary/aromatic N) is 2. The van der Waals surface area contributed by atoms with Crippen molar-refractivity contribution in [1.82, 2.24) is 4.90 Å². The van der Waals surface area contributed by atoms with E-state index in [9.17, 15) is 9.18 Å². The molecule has 3 rings (SSSR count). The molecular weight excluding hydrogens is 483 g/mol. The summed E-state index contributed by atoms with van der Waals surface area (Å²) in [5, 5.41) is 0.723. The van der Waals surface area contributed by atoms with Crippen molar-refractivity contribution in [2.75, 3.05) is 19.7 Å². The smallest absolute Gasteiger partial charge is 0.266 e. The second-order valence-electron chi connectivity index (χ2n) is 6.60. The van der Waals surface area contributed by atoms with Gasteiger partial charge in [-0.2, -0.15) is 0 Å². The SMILES string of the molecule is CCN=C1S/C(=C/c2cc(Br)c(OCc3cccc(F)c3)c(OCC)c2)C(=O)N1CC. The number of hydrogen-bond donors (Lipinski definition) is 0. The Morgan fingerprint density at radius 1 is 1.19 bits per heavy atom. The lowest BCUT2D eigenvalue weighted by Crippen LogP contribution is -2.28. The minimum Gasteiger partial charge on any atom is -0.490 e. The molecule has 164 valence electrons. The first-order chi connectivity index (χ1) is 15.0. The zero-order chi connectivity index (χ0) is 22.4. The van der Waals surface area contributed by atoms with Crippen LogP contribution in [-0.2, 0) is 11.4 Å². The van der Waals surface area contributed by atoms with E-state index in [1.54, 1.807) is 17.0 Å². The molecule has 2 aromatic rings. The molecule has 1 saturated heterocycles. The molecule has 31 heavy (non-hydrogen) atoms. The molecule has 0 aromatic heterocycles. The molecule has 0 bridgehead atoms. The molecule has 1 aliphatic rings. The highest BCUT2D eigenvalue weighted by Crippen LogP contribution is 2.39. The summed E-state index contributed by atoms with van der Waals surface area (Å²) in [7, 11) is 0. The standard InChI is InChI=1S/C23H24BrFN2O3S/c1-4-26-23-27(5-2)22(28)20(31-23)13-16-11-18(24)21(19(12-16)29-6-3)30-14-15-8-7-9-17(25)10-15/h7-13H,4-6,14H2,1-3H3/b20-13+,26-23?. The third-order valence-electron chi connectivity index (χ3n) is 4.40. The minimum atomic E-state index is -0.307. The van der Waals surface area contributed by atoms with Crippen LogP contribution in [0.4, 0.5) is 4.39 Å². The summed E-state index contributed by atoms with van der Waals surface area (Å²) in [5.74, 6) is 0.714. The van der Waals surface area contributed by atoms with E-state index >= 15 is 0 Å². The quantitative estimate of drug-likeness (QED) is 0.419. The maximum absolute atomic E-state index is 13.4. The van der Waals surface area contributed by atoms with Gasteiger partial charge in [-0.3, -0.25) is 14.7 Å². The molecule has 1 fully saturated rings. The largest absolute Gasteiger partial charge is 0.490 e. The van der Waals surface area contributed by atoms with Crippen LogP contribution in [0.25, 0.3) is 6.08 Å². The summed E-state index contributed by atoms with van der Waals surface area (Å²) in [4.78, 5) is 19.4. The number of amides is 1. The molecule has 0 saturated carbocycles. The monoisotopic (exact) mass is 506 g/mol. The van der Waals surface area contributed by atoms with Crippen LogP contribution in [0.1, 0.15) is 31.9 Å². The molecule has 0 unspecified atom stereocenters. The van der Waals surface area contributed by atoms with Crippen molar-refractivity contribution in [3.63, 3.8) is 0 Å². The lowest BCUT2D eigenvalue weighted by atomic mass is 10.1. The van der Waals surface area contributed by atoms with Gasteiger partial charge in [-0.15, -0.1) is 0 Å². The normalized spacial score (nSPS) is 16.4. The van der Waals surface area contributed by atoms with Crippen molar-refractivity contribution in [3.8, 4) is 11.5 Å². The lowest BCUT2D eigenvalue weighted by molar-refractivity contribution is -0.122. The fraction of sp³-hybridized carbons (Fsp3) is 0.304. The summed E-state index contributed by atoms with van der Waals surface area (Å²) in [6.07, 6.45) is 1.83. The van der Waals surface area contributed by atoms with Gasteiger partial charge in [0.2, 0.25) is 0 Å². The van der Waals surface area contributed by atoms with Crippen LogP contribution >= 0.6 is 27.7 Å². The van der Waals surface area contributed by atoms with E-state index in [4.69, 9.17) is 9.47 Å². The van der Waals surface area contributed by atoms with E-state index in [1.165, 1.54) is 23.9 Å². The Labute approximate surface area is 194 Å². The first-order valence-electron chi connectivity index (χ1n) is 10.1. The molecule has 1 heterocycles. The predicted octanol–water partition coefficient (Wildman–Crippen LogP) is 5.88. The Morgan fingerprint density at radius 3 is 2.68 bits per heavy atom. The maximum Gasteiger partial charge on any atom is 0.266 e. The van der Waals surface area contributed by atoms with Crippen LogP contribution < -0.4 is 9.47 Å². The molecule has 8 heteroatoms. The van der Waals surface area contributed by atoms with Gasteiger partial charge in [-0.25, -0.2) is 4.39 Å². The van der Waals surface area contributed by atoms with Crippen LogP contribution in [0.3, 0.4) is 0 Å². The van der Waals surface area contributed by atoms with Crippen molar-refractivity contribution in [2.24, 2.45) is 4.99 Å². The summed E-state index contributed by atoms with van der Waals surface area (Å²) >= 11 is 4.92. The van der Waals surface area contributed by atoms with E-state index in [0.717, 1.165) is 16.3 Å². The van der Waals surface area contributed by atoms with Gasteiger partial charge in [0.25, 0.3) is 5.91 Å². The number of aliphatic imine (C=N–C) groups is 1. The third kappa shape index (κ3) is 5.68. The van der Waals surface area contributed by atoms with Crippen LogP contribution in [0, 0.1) is 5.82 Å². The topological polar surface area (TPSA) is 51.1 Å². The second kappa shape index (κ2) is 10.8. The minimum absolute atomic E-state index is 0.0554. The molecule has 0 spiro atoms. The Kier molecular flexibility index (Phi) is 8.15. The van der Waals surface area contributed by atoms with Crippen LogP contribution in [0.2, 0.25) is 0 Å². The summed E-state index contributed by atoms with van der Waals surface area (Å²) < 4.78 is 25.8. The second-order valence-corrected chi connectivity index (χ2v) is 8.46. The number of carbonyl (C=O) groups is 1. The number of benzene rings is 2. The Balaban J connectivity index is 1.88. The van der Waals surface area contributed by atoms with Crippen molar-refractivity contribution in [2.45, 2.75) is 27.4 Å². The van der Waals surface area contributed by atoms with E-state index in [-0.39, 0.29) is 18.3 Å². The zero-order valence-electron chi connectivity index (χ0n) is 17.7. The van der Waals surface area contributed by atoms with Gasteiger partial charge < -0.3 is 9.47 Å². The van der Waals surface area contributed by atoms with E-state index < -0.39 is 0 Å². The summed E-state index contributed by atoms with van der Waals surface area (Å²) in [6.45, 7) is 7.61. The molecule has 1 amide bonds. The van der Waals surface area contributed by atoms with Gasteiger partial charge in [0.05, 0.1) is 16.0 Å². The van der Waals surface area contributed by atoms with Gasteiger partial charge in [0.15, 0.2) is 16.7 Å². The Morgan fingerprint density at radius 2 is 2.00 bits per heavy atom. The highest BCUT2D eigenvalue weighted by Gasteiger charge is 2.31. The highest BCUT2D eigenvalue weighted by atomic mass is 79.9. The average molecular weight is 507 g/mol. The van der Waals surface area contributed by atoms with E-state index in [2.05, 4.69) is 20.9 Å². The number of amidine groups is 1. The third-order valence-corrected chi connectivity index (χ3v) is 6.03. The first-order valence-corrected chi connectivity index (χ1v) is 11.7. The Bertz CT molecular complexity index is 1030. The Hall–Kier alpha value is -2.32. The van der Waals surface area contributed by atoms with Gasteiger partial charge in [-0.1, -0.05) is 12.1 Å². The fourth-order valence-electron chi connectivity index (χ4n) is 3.05. The molecule has 1 aliphatic heterocycles. The fourth-order valence-corrected chi connectivity index (χ4v) is 4.73. The van der Waals surface area contributed by atoms with Crippen LogP contribution in [0.5, 0.6) is 11.5 Å². The molecular formula is C23H24BrFN2O3S. The number of halogens is 2. The number of likely N-dealkylation sites (N-methyl/N-ethyl adjacent to an activating group) is 1. The van der Waals surface area contributed by atoms with Crippen molar-refractivity contribution in [3.05, 3.63) is 62.7 Å². The van der Waals surface area contributed by atoms with E-state index in [0.29, 0.717) is 40.6 Å². The number of carbonyl (C=O) groups excluding carboxylic acids is 1. The predicted molar refractivity (Wildman–Crippen MR) is 127 cm³/mol. The number of rotatable bonds is 8. The van der Waals surface area contributed by atoms with Crippen LogP contribution in [-0.4, -0.2) is 35.7 Å². The molecule has 0 radical (unpaired) electrons. The highest BCUT2D eigenvalue weighted by molar-refractivity contribution is 9.10. The van der Waals surface area contributed by atoms with Gasteiger partial charge in [0.1, 0.15) is 12.4 Å². The maximum atomic E-state index is 13.4. The van der Waals surface area contributed by atoms with E-state index in [1.807, 2.05) is 39.0 Å². The average Bonchev–Trinajstić information content (AvgIpc) is 3.02. The van der Waals surface area contributed by atoms with Crippen molar-refractivity contribution in [1.29, 1.82) is 0 Å². The van der Waals surface area contributed by atoms with Gasteiger partial charge >= 0.3 is 0 Å². The molecule has 5 nitrogen and oxygen atoms in total. The van der Waals surface area contributed by atoms with Gasteiger partial charge in [-0.05, 0) is 89.9 Å². The van der Waals surface area contributed by atoms with Crippen LogP contribution in [0.15, 0.2) is 50.8 Å².